The topological polar surface area (TPSA) is 58.6 Å². The molecule has 0 heterocycles. The van der Waals surface area contributed by atoms with Gasteiger partial charge in [-0.15, -0.1) is 0 Å². The zero-order chi connectivity index (χ0) is 20.9. The van der Waals surface area contributed by atoms with Crippen LogP contribution in [0.2, 0.25) is 5.02 Å². The van der Waals surface area contributed by atoms with Crippen molar-refractivity contribution in [1.82, 2.24) is 0 Å². The lowest BCUT2D eigenvalue weighted by molar-refractivity contribution is 0.102. The highest BCUT2D eigenvalue weighted by molar-refractivity contribution is 6.31. The number of amides is 1. The minimum atomic E-state index is -0.417. The Morgan fingerprint density at radius 2 is 1.70 bits per heavy atom. The molecule has 0 saturated heterocycles. The zero-order valence-corrected chi connectivity index (χ0v) is 17.3. The van der Waals surface area contributed by atoms with Crippen LogP contribution in [0.25, 0.3) is 0 Å². The predicted molar refractivity (Wildman–Crippen MR) is 120 cm³/mol. The number of nitrogens with one attached hydrogen (secondary N) is 1. The predicted octanol–water partition coefficient (Wildman–Crippen LogP) is 6.40. The molecule has 30 heavy (non-hydrogen) atoms. The van der Waals surface area contributed by atoms with E-state index in [4.69, 9.17) is 16.3 Å². The van der Waals surface area contributed by atoms with Gasteiger partial charge in [0.05, 0.1) is 5.56 Å². The van der Waals surface area contributed by atoms with Gasteiger partial charge in [0.25, 0.3) is 5.91 Å². The van der Waals surface area contributed by atoms with Crippen molar-refractivity contribution in [2.45, 2.75) is 37.7 Å². The van der Waals surface area contributed by atoms with Gasteiger partial charge in [0, 0.05) is 16.6 Å². The van der Waals surface area contributed by atoms with Crippen LogP contribution in [0.3, 0.4) is 0 Å². The SMILES string of the molecule is O=C(Nc1ccc(O[C@@H]2CCCC[C@H]2c2ccccc2)cc1)c1cc(Cl)ccc1O. The average Bonchev–Trinajstić information content (AvgIpc) is 2.78. The second kappa shape index (κ2) is 9.23. The van der Waals surface area contributed by atoms with E-state index in [1.807, 2.05) is 18.2 Å². The van der Waals surface area contributed by atoms with Crippen molar-refractivity contribution in [3.05, 3.63) is 88.9 Å². The number of carbonyl (C=O) groups is 1. The number of anilines is 1. The highest BCUT2D eigenvalue weighted by Crippen LogP contribution is 2.36. The summed E-state index contributed by atoms with van der Waals surface area (Å²) in [5.41, 5.74) is 2.08. The molecule has 154 valence electrons. The molecule has 1 fully saturated rings. The number of hydrogen-bond donors (Lipinski definition) is 2. The zero-order valence-electron chi connectivity index (χ0n) is 16.6. The molecule has 3 aromatic rings. The smallest absolute Gasteiger partial charge is 0.259 e. The standard InChI is InChI=1S/C25H24ClNO3/c26-18-10-15-23(28)22(16-18)25(29)27-19-11-13-20(14-12-19)30-24-9-5-4-8-21(24)17-6-2-1-3-7-17/h1-3,6-7,10-16,21,24,28H,4-5,8-9H2,(H,27,29)/t21-,24+/m0/s1. The minimum Gasteiger partial charge on any atom is -0.507 e. The Balaban J connectivity index is 1.43. The molecule has 0 aromatic heterocycles. The van der Waals surface area contributed by atoms with Crippen LogP contribution in [0, 0.1) is 0 Å². The number of halogens is 1. The van der Waals surface area contributed by atoms with Gasteiger partial charge >= 0.3 is 0 Å². The van der Waals surface area contributed by atoms with Crippen LogP contribution < -0.4 is 10.1 Å². The average molecular weight is 422 g/mol. The normalized spacial score (nSPS) is 18.6. The second-order valence-electron chi connectivity index (χ2n) is 7.60. The summed E-state index contributed by atoms with van der Waals surface area (Å²) >= 11 is 5.93. The molecule has 5 heteroatoms. The fraction of sp³-hybridized carbons (Fsp3) is 0.240. The molecule has 4 nitrogen and oxygen atoms in total. The van der Waals surface area contributed by atoms with Gasteiger partial charge in [-0.05, 0) is 67.3 Å². The van der Waals surface area contributed by atoms with E-state index in [1.54, 1.807) is 12.1 Å². The van der Waals surface area contributed by atoms with Crippen LogP contribution >= 0.6 is 11.6 Å². The van der Waals surface area contributed by atoms with Crippen molar-refractivity contribution < 1.29 is 14.6 Å². The third-order valence-electron chi connectivity index (χ3n) is 5.53. The number of carbonyl (C=O) groups excluding carboxylic acids is 1. The maximum Gasteiger partial charge on any atom is 0.259 e. The summed E-state index contributed by atoms with van der Waals surface area (Å²) in [6.07, 6.45) is 4.70. The number of aromatic hydroxyl groups is 1. The summed E-state index contributed by atoms with van der Waals surface area (Å²) in [6, 6.07) is 22.3. The summed E-state index contributed by atoms with van der Waals surface area (Å²) in [6.45, 7) is 0. The fourth-order valence-electron chi connectivity index (χ4n) is 4.00. The van der Waals surface area contributed by atoms with Gasteiger partial charge in [-0.1, -0.05) is 48.4 Å². The number of benzene rings is 3. The molecule has 1 aliphatic rings. The summed E-state index contributed by atoms with van der Waals surface area (Å²) in [4.78, 5) is 12.4. The lowest BCUT2D eigenvalue weighted by Gasteiger charge is -2.32. The van der Waals surface area contributed by atoms with Crippen LogP contribution in [0.5, 0.6) is 11.5 Å². The van der Waals surface area contributed by atoms with E-state index in [-0.39, 0.29) is 17.4 Å². The van der Waals surface area contributed by atoms with Gasteiger partial charge in [0.1, 0.15) is 17.6 Å². The summed E-state index contributed by atoms with van der Waals surface area (Å²) in [5.74, 6) is 0.651. The minimum absolute atomic E-state index is 0.110. The second-order valence-corrected chi connectivity index (χ2v) is 8.03. The Bertz CT molecular complexity index is 1000. The van der Waals surface area contributed by atoms with E-state index in [1.165, 1.54) is 36.6 Å². The van der Waals surface area contributed by atoms with Crippen molar-refractivity contribution in [3.8, 4) is 11.5 Å². The van der Waals surface area contributed by atoms with Crippen LogP contribution in [-0.2, 0) is 0 Å². The molecule has 0 unspecified atom stereocenters. The lowest BCUT2D eigenvalue weighted by atomic mass is 9.81. The first-order chi connectivity index (χ1) is 14.6. The van der Waals surface area contributed by atoms with Gasteiger partial charge < -0.3 is 15.2 Å². The van der Waals surface area contributed by atoms with E-state index in [9.17, 15) is 9.90 Å². The maximum absolute atomic E-state index is 12.4. The molecular formula is C25H24ClNO3. The molecule has 1 saturated carbocycles. The van der Waals surface area contributed by atoms with Gasteiger partial charge in [-0.3, -0.25) is 4.79 Å². The number of hydrogen-bond acceptors (Lipinski definition) is 3. The molecule has 0 spiro atoms. The first kappa shape index (κ1) is 20.3. The Morgan fingerprint density at radius 1 is 0.967 bits per heavy atom. The Labute approximate surface area is 181 Å². The van der Waals surface area contributed by atoms with Gasteiger partial charge in [0.2, 0.25) is 0 Å². The first-order valence-electron chi connectivity index (χ1n) is 10.2. The van der Waals surface area contributed by atoms with Crippen molar-refractivity contribution in [3.63, 3.8) is 0 Å². The quantitative estimate of drug-likeness (QED) is 0.500. The number of rotatable bonds is 5. The van der Waals surface area contributed by atoms with Crippen LogP contribution in [0.15, 0.2) is 72.8 Å². The Morgan fingerprint density at radius 3 is 2.47 bits per heavy atom. The van der Waals surface area contributed by atoms with E-state index >= 15 is 0 Å². The van der Waals surface area contributed by atoms with E-state index in [0.29, 0.717) is 16.6 Å². The van der Waals surface area contributed by atoms with Gasteiger partial charge in [-0.25, -0.2) is 0 Å². The molecule has 3 aromatic carbocycles. The largest absolute Gasteiger partial charge is 0.507 e. The van der Waals surface area contributed by atoms with Gasteiger partial charge in [0.15, 0.2) is 0 Å². The summed E-state index contributed by atoms with van der Waals surface area (Å²) in [5, 5.41) is 13.1. The number of phenols is 1. The summed E-state index contributed by atoms with van der Waals surface area (Å²) in [7, 11) is 0. The first-order valence-corrected chi connectivity index (χ1v) is 10.6. The summed E-state index contributed by atoms with van der Waals surface area (Å²) < 4.78 is 6.33. The molecule has 2 N–H and O–H groups in total. The third-order valence-corrected chi connectivity index (χ3v) is 5.77. The molecule has 0 radical (unpaired) electrons. The molecule has 4 rings (SSSR count). The fourth-order valence-corrected chi connectivity index (χ4v) is 4.17. The molecule has 2 atom stereocenters. The Hall–Kier alpha value is -2.98. The van der Waals surface area contributed by atoms with Crippen LogP contribution in [0.1, 0.15) is 47.5 Å². The molecule has 1 aliphatic carbocycles. The van der Waals surface area contributed by atoms with Crippen molar-refractivity contribution >= 4 is 23.2 Å². The van der Waals surface area contributed by atoms with Crippen molar-refractivity contribution in [2.24, 2.45) is 0 Å². The molecular weight excluding hydrogens is 398 g/mol. The van der Waals surface area contributed by atoms with E-state index in [0.717, 1.165) is 18.6 Å². The highest BCUT2D eigenvalue weighted by Gasteiger charge is 2.28. The Kier molecular flexibility index (Phi) is 6.24. The van der Waals surface area contributed by atoms with E-state index in [2.05, 4.69) is 29.6 Å². The molecule has 0 bridgehead atoms. The third kappa shape index (κ3) is 4.77. The van der Waals surface area contributed by atoms with Crippen molar-refractivity contribution in [2.75, 3.05) is 5.32 Å². The van der Waals surface area contributed by atoms with Gasteiger partial charge in [-0.2, -0.15) is 0 Å². The monoisotopic (exact) mass is 421 g/mol. The molecule has 1 amide bonds. The number of phenolic OH excluding ortho intramolecular Hbond substituents is 1. The molecule has 0 aliphatic heterocycles. The van der Waals surface area contributed by atoms with Crippen LogP contribution in [0.4, 0.5) is 5.69 Å². The lowest BCUT2D eigenvalue weighted by Crippen LogP contribution is -2.28. The number of ether oxygens (including phenoxy) is 1. The van der Waals surface area contributed by atoms with Crippen LogP contribution in [-0.4, -0.2) is 17.1 Å². The maximum atomic E-state index is 12.4. The highest BCUT2D eigenvalue weighted by atomic mass is 35.5. The van der Waals surface area contributed by atoms with Crippen molar-refractivity contribution in [1.29, 1.82) is 0 Å². The van der Waals surface area contributed by atoms with E-state index < -0.39 is 5.91 Å².